The first-order chi connectivity index (χ1) is 7.84. The van der Waals surface area contributed by atoms with Crippen molar-refractivity contribution in [1.29, 1.82) is 0 Å². The normalized spacial score (nSPS) is 21.0. The van der Waals surface area contributed by atoms with Crippen molar-refractivity contribution < 1.29 is 4.74 Å². The van der Waals surface area contributed by atoms with E-state index in [1.165, 1.54) is 0 Å². The fraction of sp³-hybridized carbons (Fsp3) is 0.417. The van der Waals surface area contributed by atoms with E-state index in [-0.39, 0.29) is 6.10 Å². The van der Waals surface area contributed by atoms with Crippen molar-refractivity contribution in [3.8, 4) is 0 Å². The van der Waals surface area contributed by atoms with Gasteiger partial charge in [-0.3, -0.25) is 4.99 Å². The SMILES string of the molecule is NC(=NC[C@@H]1CCCO1)Nc1ccccc1. The maximum absolute atomic E-state index is 5.77. The molecule has 0 aliphatic carbocycles. The molecule has 1 aliphatic heterocycles. The largest absolute Gasteiger partial charge is 0.376 e. The van der Waals surface area contributed by atoms with Crippen LogP contribution in [0.15, 0.2) is 35.3 Å². The van der Waals surface area contributed by atoms with Gasteiger partial charge in [0.05, 0.1) is 12.6 Å². The Morgan fingerprint density at radius 1 is 1.44 bits per heavy atom. The zero-order valence-electron chi connectivity index (χ0n) is 9.23. The summed E-state index contributed by atoms with van der Waals surface area (Å²) in [6.07, 6.45) is 2.46. The first kappa shape index (κ1) is 11.0. The summed E-state index contributed by atoms with van der Waals surface area (Å²) in [7, 11) is 0. The Hall–Kier alpha value is -1.55. The predicted octanol–water partition coefficient (Wildman–Crippen LogP) is 1.59. The number of nitrogens with zero attached hydrogens (tertiary/aromatic N) is 1. The Bertz CT molecular complexity index is 345. The van der Waals surface area contributed by atoms with Gasteiger partial charge in [-0.2, -0.15) is 0 Å². The minimum atomic E-state index is 0.246. The third-order valence-electron chi connectivity index (χ3n) is 2.54. The summed E-state index contributed by atoms with van der Waals surface area (Å²) in [4.78, 5) is 4.26. The Morgan fingerprint density at radius 3 is 2.94 bits per heavy atom. The number of hydrogen-bond donors (Lipinski definition) is 2. The van der Waals surface area contributed by atoms with Gasteiger partial charge in [0, 0.05) is 12.3 Å². The summed E-state index contributed by atoms with van der Waals surface area (Å²) < 4.78 is 5.46. The summed E-state index contributed by atoms with van der Waals surface area (Å²) in [6.45, 7) is 1.50. The quantitative estimate of drug-likeness (QED) is 0.599. The number of aliphatic imine (C=N–C) groups is 1. The van der Waals surface area contributed by atoms with E-state index in [9.17, 15) is 0 Å². The molecule has 1 fully saturated rings. The van der Waals surface area contributed by atoms with Crippen LogP contribution >= 0.6 is 0 Å². The standard InChI is InChI=1S/C12H17N3O/c13-12(14-9-11-7-4-8-16-11)15-10-5-2-1-3-6-10/h1-3,5-6,11H,4,7-9H2,(H3,13,14,15)/t11-/m0/s1. The number of nitrogens with one attached hydrogen (secondary N) is 1. The van der Waals surface area contributed by atoms with Crippen LogP contribution in [-0.4, -0.2) is 25.2 Å². The summed E-state index contributed by atoms with van der Waals surface area (Å²) in [5, 5.41) is 3.04. The first-order valence-corrected chi connectivity index (χ1v) is 5.58. The van der Waals surface area contributed by atoms with E-state index in [1.807, 2.05) is 30.3 Å². The molecule has 0 spiro atoms. The number of rotatable bonds is 3. The maximum atomic E-state index is 5.77. The van der Waals surface area contributed by atoms with Crippen LogP contribution in [0.1, 0.15) is 12.8 Å². The molecule has 1 aromatic carbocycles. The fourth-order valence-corrected chi connectivity index (χ4v) is 1.70. The molecule has 0 bridgehead atoms. The molecular weight excluding hydrogens is 202 g/mol. The Morgan fingerprint density at radius 2 is 2.25 bits per heavy atom. The monoisotopic (exact) mass is 219 g/mol. The summed E-state index contributed by atoms with van der Waals surface area (Å²) in [5.74, 6) is 0.446. The highest BCUT2D eigenvalue weighted by Crippen LogP contribution is 2.12. The van der Waals surface area contributed by atoms with E-state index in [0.717, 1.165) is 25.1 Å². The average Bonchev–Trinajstić information content (AvgIpc) is 2.81. The van der Waals surface area contributed by atoms with Crippen LogP contribution in [0.2, 0.25) is 0 Å². The lowest BCUT2D eigenvalue weighted by atomic mass is 10.2. The second-order valence-electron chi connectivity index (χ2n) is 3.85. The molecule has 0 radical (unpaired) electrons. The van der Waals surface area contributed by atoms with Crippen molar-refractivity contribution in [2.45, 2.75) is 18.9 Å². The van der Waals surface area contributed by atoms with Gasteiger partial charge >= 0.3 is 0 Å². The van der Waals surface area contributed by atoms with Gasteiger partial charge in [0.1, 0.15) is 0 Å². The van der Waals surface area contributed by atoms with E-state index in [1.54, 1.807) is 0 Å². The van der Waals surface area contributed by atoms with Crippen LogP contribution in [-0.2, 0) is 4.74 Å². The van der Waals surface area contributed by atoms with Crippen molar-refractivity contribution in [3.63, 3.8) is 0 Å². The molecule has 0 saturated carbocycles. The van der Waals surface area contributed by atoms with Gasteiger partial charge in [0.15, 0.2) is 5.96 Å². The van der Waals surface area contributed by atoms with Crippen molar-refractivity contribution in [3.05, 3.63) is 30.3 Å². The summed E-state index contributed by atoms with van der Waals surface area (Å²) in [5.41, 5.74) is 6.72. The topological polar surface area (TPSA) is 59.6 Å². The number of benzene rings is 1. The molecule has 0 aromatic heterocycles. The van der Waals surface area contributed by atoms with Gasteiger partial charge in [0.25, 0.3) is 0 Å². The Labute approximate surface area is 95.5 Å². The van der Waals surface area contributed by atoms with Crippen molar-refractivity contribution in [2.24, 2.45) is 10.7 Å². The number of ether oxygens (including phenoxy) is 1. The highest BCUT2D eigenvalue weighted by atomic mass is 16.5. The van der Waals surface area contributed by atoms with Gasteiger partial charge in [0.2, 0.25) is 0 Å². The van der Waals surface area contributed by atoms with Gasteiger partial charge in [-0.25, -0.2) is 0 Å². The lowest BCUT2D eigenvalue weighted by Crippen LogP contribution is -2.24. The van der Waals surface area contributed by atoms with Crippen molar-refractivity contribution in [1.82, 2.24) is 0 Å². The van der Waals surface area contributed by atoms with Crippen LogP contribution < -0.4 is 11.1 Å². The van der Waals surface area contributed by atoms with Crippen LogP contribution in [0.3, 0.4) is 0 Å². The molecule has 16 heavy (non-hydrogen) atoms. The molecule has 0 amide bonds. The number of para-hydroxylation sites is 1. The lowest BCUT2D eigenvalue weighted by molar-refractivity contribution is 0.118. The van der Waals surface area contributed by atoms with E-state index in [4.69, 9.17) is 10.5 Å². The molecule has 4 nitrogen and oxygen atoms in total. The van der Waals surface area contributed by atoms with Crippen LogP contribution in [0.5, 0.6) is 0 Å². The smallest absolute Gasteiger partial charge is 0.193 e. The van der Waals surface area contributed by atoms with Crippen LogP contribution in [0.25, 0.3) is 0 Å². The molecule has 4 heteroatoms. The Kier molecular flexibility index (Phi) is 3.77. The van der Waals surface area contributed by atoms with E-state index in [2.05, 4.69) is 10.3 Å². The second kappa shape index (κ2) is 5.51. The number of guanidine groups is 1. The fourth-order valence-electron chi connectivity index (χ4n) is 1.70. The van der Waals surface area contributed by atoms with Gasteiger partial charge in [-0.15, -0.1) is 0 Å². The zero-order valence-corrected chi connectivity index (χ0v) is 9.23. The molecule has 86 valence electrons. The summed E-state index contributed by atoms with van der Waals surface area (Å²) in [6, 6.07) is 9.78. The highest BCUT2D eigenvalue weighted by Gasteiger charge is 2.14. The average molecular weight is 219 g/mol. The lowest BCUT2D eigenvalue weighted by Gasteiger charge is -2.08. The predicted molar refractivity (Wildman–Crippen MR) is 65.5 cm³/mol. The van der Waals surface area contributed by atoms with Gasteiger partial charge in [-0.05, 0) is 25.0 Å². The van der Waals surface area contributed by atoms with Crippen LogP contribution in [0, 0.1) is 0 Å². The summed E-state index contributed by atoms with van der Waals surface area (Å²) >= 11 is 0. The zero-order chi connectivity index (χ0) is 11.2. The molecule has 1 saturated heterocycles. The molecular formula is C12H17N3O. The molecule has 1 heterocycles. The molecule has 3 N–H and O–H groups in total. The second-order valence-corrected chi connectivity index (χ2v) is 3.85. The molecule has 1 atom stereocenters. The highest BCUT2D eigenvalue weighted by molar-refractivity contribution is 5.92. The number of anilines is 1. The molecule has 1 aromatic rings. The first-order valence-electron chi connectivity index (χ1n) is 5.58. The van der Waals surface area contributed by atoms with Crippen LogP contribution in [0.4, 0.5) is 5.69 Å². The van der Waals surface area contributed by atoms with Crippen molar-refractivity contribution in [2.75, 3.05) is 18.5 Å². The molecule has 1 aliphatic rings. The minimum Gasteiger partial charge on any atom is -0.376 e. The van der Waals surface area contributed by atoms with E-state index in [0.29, 0.717) is 12.5 Å². The maximum Gasteiger partial charge on any atom is 0.193 e. The number of nitrogens with two attached hydrogens (primary N) is 1. The van der Waals surface area contributed by atoms with Gasteiger partial charge in [-0.1, -0.05) is 18.2 Å². The Balaban J connectivity index is 1.82. The number of hydrogen-bond acceptors (Lipinski definition) is 2. The van der Waals surface area contributed by atoms with Gasteiger partial charge < -0.3 is 15.8 Å². The van der Waals surface area contributed by atoms with E-state index < -0.39 is 0 Å². The third-order valence-corrected chi connectivity index (χ3v) is 2.54. The van der Waals surface area contributed by atoms with Crippen molar-refractivity contribution >= 4 is 11.6 Å². The minimum absolute atomic E-state index is 0.246. The third kappa shape index (κ3) is 3.24. The molecule has 0 unspecified atom stereocenters. The van der Waals surface area contributed by atoms with E-state index >= 15 is 0 Å². The molecule has 2 rings (SSSR count).